The molecule has 0 aliphatic rings. The van der Waals surface area contributed by atoms with E-state index in [-0.39, 0.29) is 11.6 Å². The van der Waals surface area contributed by atoms with Crippen LogP contribution in [-0.2, 0) is 0 Å². The lowest BCUT2D eigenvalue weighted by Gasteiger charge is -2.26. The van der Waals surface area contributed by atoms with Crippen molar-refractivity contribution in [3.63, 3.8) is 0 Å². The maximum atomic E-state index is 14.4. The monoisotopic (exact) mass is 808 g/mol. The Labute approximate surface area is 355 Å². The molecule has 0 aliphatic carbocycles. The molecule has 0 radical (unpaired) electrons. The third-order valence-electron chi connectivity index (χ3n) is 11.4. The third kappa shape index (κ3) is 6.62. The number of fused-ring (bicyclic) bond motifs is 4. The predicted octanol–water partition coefficient (Wildman–Crippen LogP) is 15.2. The van der Waals surface area contributed by atoms with Gasteiger partial charge in [0.1, 0.15) is 22.7 Å². The average Bonchev–Trinajstić information content (AvgIpc) is 3.94. The molecule has 0 atom stereocenters. The first-order valence-electron chi connectivity index (χ1n) is 20.0. The number of benzene rings is 9. The topological polar surface area (TPSA) is 34.0 Å². The summed E-state index contributed by atoms with van der Waals surface area (Å²) in [7, 11) is 0. The predicted molar refractivity (Wildman–Crippen MR) is 248 cm³/mol. The molecule has 2 heterocycles. The molecule has 290 valence electrons. The highest BCUT2D eigenvalue weighted by atomic mass is 32.1. The number of halogens is 2. The summed E-state index contributed by atoms with van der Waals surface area (Å²) in [4.78, 5) is 2.24. The minimum Gasteiger partial charge on any atom is -0.309 e. The number of anilines is 3. The Morgan fingerprint density at radius 2 is 0.869 bits per heavy atom. The second-order valence-corrected chi connectivity index (χ2v) is 15.6. The van der Waals surface area contributed by atoms with Gasteiger partial charge in [0.15, 0.2) is 0 Å². The normalized spacial score (nSPS) is 11.4. The first-order valence-corrected chi connectivity index (χ1v) is 20.8. The summed E-state index contributed by atoms with van der Waals surface area (Å²) in [5.41, 5.74) is 15.9. The Balaban J connectivity index is 0.971. The molecular formula is C54H34F2N4S. The van der Waals surface area contributed by atoms with Crippen LogP contribution in [0, 0.1) is 11.6 Å². The van der Waals surface area contributed by atoms with Crippen LogP contribution in [0.15, 0.2) is 206 Å². The zero-order chi connectivity index (χ0) is 40.9. The lowest BCUT2D eigenvalue weighted by Crippen LogP contribution is -2.10. The molecule has 9 aromatic carbocycles. The molecule has 7 heteroatoms. The van der Waals surface area contributed by atoms with Crippen LogP contribution in [0.2, 0.25) is 0 Å². The number of aromatic nitrogens is 3. The van der Waals surface area contributed by atoms with Crippen molar-refractivity contribution in [3.05, 3.63) is 218 Å². The van der Waals surface area contributed by atoms with E-state index in [2.05, 4.69) is 132 Å². The minimum absolute atomic E-state index is 0.360. The third-order valence-corrected chi connectivity index (χ3v) is 11.9. The van der Waals surface area contributed by atoms with Crippen molar-refractivity contribution in [2.75, 3.05) is 4.90 Å². The summed E-state index contributed by atoms with van der Waals surface area (Å²) in [6.07, 6.45) is 0. The molecular weight excluding hydrogens is 775 g/mol. The van der Waals surface area contributed by atoms with Crippen LogP contribution in [0.1, 0.15) is 0 Å². The van der Waals surface area contributed by atoms with Crippen LogP contribution < -0.4 is 4.90 Å². The first kappa shape index (κ1) is 36.3. The van der Waals surface area contributed by atoms with Gasteiger partial charge in [0, 0.05) is 33.4 Å². The zero-order valence-electron chi connectivity index (χ0n) is 32.6. The zero-order valence-corrected chi connectivity index (χ0v) is 33.4. The van der Waals surface area contributed by atoms with E-state index in [0.717, 1.165) is 67.1 Å². The molecule has 0 spiro atoms. The average molecular weight is 809 g/mol. The summed E-state index contributed by atoms with van der Waals surface area (Å²) >= 11 is 1.20. The SMILES string of the molecule is Fc1ccc2c(c1)c1cc(F)ccc1n2-c1ccc(-c2ccc(N(c3ccccc3)c3ccc(-c4cc(-c5ccccc5)cc(-c5ccccc5)c4)cc3)c3nsnc23)cc1. The maximum Gasteiger partial charge on any atom is 0.129 e. The Hall–Kier alpha value is -7.74. The lowest BCUT2D eigenvalue weighted by molar-refractivity contribution is 0.628. The van der Waals surface area contributed by atoms with E-state index in [0.29, 0.717) is 10.8 Å². The maximum absolute atomic E-state index is 14.4. The minimum atomic E-state index is -0.360. The molecule has 4 nitrogen and oxygen atoms in total. The van der Waals surface area contributed by atoms with Crippen LogP contribution in [0.25, 0.3) is 83.0 Å². The van der Waals surface area contributed by atoms with Crippen molar-refractivity contribution in [2.45, 2.75) is 0 Å². The molecule has 61 heavy (non-hydrogen) atoms. The van der Waals surface area contributed by atoms with E-state index < -0.39 is 0 Å². The number of nitrogens with zero attached hydrogens (tertiary/aromatic N) is 4. The number of rotatable bonds is 8. The Morgan fingerprint density at radius 3 is 1.43 bits per heavy atom. The fraction of sp³-hybridized carbons (Fsp3) is 0. The van der Waals surface area contributed by atoms with Gasteiger partial charge in [-0.3, -0.25) is 0 Å². The van der Waals surface area contributed by atoms with Gasteiger partial charge in [-0.25, -0.2) is 8.78 Å². The molecule has 0 unspecified atom stereocenters. The molecule has 0 bridgehead atoms. The smallest absolute Gasteiger partial charge is 0.129 e. The number of hydrogen-bond donors (Lipinski definition) is 0. The van der Waals surface area contributed by atoms with E-state index in [4.69, 9.17) is 8.75 Å². The Kier molecular flexibility index (Phi) is 9.02. The second kappa shape index (κ2) is 15.1. The molecule has 11 aromatic rings. The Morgan fingerprint density at radius 1 is 0.393 bits per heavy atom. The van der Waals surface area contributed by atoms with Crippen molar-refractivity contribution in [1.29, 1.82) is 0 Å². The Bertz CT molecular complexity index is 3250. The van der Waals surface area contributed by atoms with E-state index >= 15 is 0 Å². The standard InChI is InChI=1S/C54H34F2N4S/c55-42-20-27-50-48(33-42)49-34-43(56)21-28-51(49)60(50)46-24-18-38(19-25-46)47-26-29-52(54-53(47)57-61-58-54)59(44-14-8-3-9-15-44)45-22-16-37(17-23-45)41-31-39(35-10-4-1-5-11-35)30-40(32-41)36-12-6-2-7-13-36/h1-34H. The van der Waals surface area contributed by atoms with Gasteiger partial charge >= 0.3 is 0 Å². The van der Waals surface area contributed by atoms with Crippen molar-refractivity contribution < 1.29 is 8.78 Å². The van der Waals surface area contributed by atoms with Gasteiger partial charge in [-0.05, 0) is 142 Å². The van der Waals surface area contributed by atoms with E-state index in [1.807, 2.05) is 47.0 Å². The molecule has 0 N–H and O–H groups in total. The summed E-state index contributed by atoms with van der Waals surface area (Å²) in [5.74, 6) is -0.721. The van der Waals surface area contributed by atoms with Crippen LogP contribution >= 0.6 is 11.7 Å². The molecule has 0 amide bonds. The van der Waals surface area contributed by atoms with Crippen molar-refractivity contribution in [2.24, 2.45) is 0 Å². The van der Waals surface area contributed by atoms with Crippen LogP contribution in [-0.4, -0.2) is 13.3 Å². The summed E-state index contributed by atoms with van der Waals surface area (Å²) in [6.45, 7) is 0. The van der Waals surface area contributed by atoms with Crippen LogP contribution in [0.4, 0.5) is 25.8 Å². The van der Waals surface area contributed by atoms with Crippen molar-refractivity contribution >= 4 is 61.6 Å². The first-order chi connectivity index (χ1) is 30.1. The molecule has 0 aliphatic heterocycles. The van der Waals surface area contributed by atoms with E-state index in [1.165, 1.54) is 58.2 Å². The van der Waals surface area contributed by atoms with Gasteiger partial charge < -0.3 is 9.47 Å². The summed E-state index contributed by atoms with van der Waals surface area (Å²) in [5, 5.41) is 1.33. The molecule has 0 fully saturated rings. The van der Waals surface area contributed by atoms with Gasteiger partial charge in [0.2, 0.25) is 0 Å². The quantitative estimate of drug-likeness (QED) is 0.153. The van der Waals surface area contributed by atoms with Crippen LogP contribution in [0.3, 0.4) is 0 Å². The summed E-state index contributed by atoms with van der Waals surface area (Å²) < 4.78 is 40.5. The van der Waals surface area contributed by atoms with Crippen LogP contribution in [0.5, 0.6) is 0 Å². The lowest BCUT2D eigenvalue weighted by atomic mass is 9.93. The number of hydrogen-bond acceptors (Lipinski definition) is 4. The highest BCUT2D eigenvalue weighted by Crippen LogP contribution is 2.43. The fourth-order valence-corrected chi connectivity index (χ4v) is 9.07. The largest absolute Gasteiger partial charge is 0.309 e. The molecule has 11 rings (SSSR count). The van der Waals surface area contributed by atoms with E-state index in [9.17, 15) is 8.78 Å². The van der Waals surface area contributed by atoms with Crippen molar-refractivity contribution in [3.8, 4) is 50.2 Å². The highest BCUT2D eigenvalue weighted by Gasteiger charge is 2.21. The van der Waals surface area contributed by atoms with E-state index in [1.54, 1.807) is 12.1 Å². The van der Waals surface area contributed by atoms with Gasteiger partial charge in [0.25, 0.3) is 0 Å². The van der Waals surface area contributed by atoms with Gasteiger partial charge in [-0.15, -0.1) is 0 Å². The van der Waals surface area contributed by atoms with Gasteiger partial charge in [-0.2, -0.15) is 8.75 Å². The fourth-order valence-electron chi connectivity index (χ4n) is 8.50. The second-order valence-electron chi connectivity index (χ2n) is 15.0. The molecule has 0 saturated carbocycles. The molecule has 2 aromatic heterocycles. The molecule has 0 saturated heterocycles. The summed E-state index contributed by atoms with van der Waals surface area (Å²) in [6, 6.07) is 68.7. The number of para-hydroxylation sites is 1. The van der Waals surface area contributed by atoms with Gasteiger partial charge in [-0.1, -0.05) is 103 Å². The van der Waals surface area contributed by atoms with Gasteiger partial charge in [0.05, 0.1) is 28.4 Å². The highest BCUT2D eigenvalue weighted by molar-refractivity contribution is 7.00. The van der Waals surface area contributed by atoms with Crippen molar-refractivity contribution in [1.82, 2.24) is 13.3 Å².